The molecule has 1 aliphatic heterocycles. The minimum absolute atomic E-state index is 0.283. The van der Waals surface area contributed by atoms with Crippen molar-refractivity contribution in [2.45, 2.75) is 32.1 Å². The predicted octanol–water partition coefficient (Wildman–Crippen LogP) is 3.94. The lowest BCUT2D eigenvalue weighted by molar-refractivity contribution is -0.270. The van der Waals surface area contributed by atoms with E-state index >= 15 is 0 Å². The van der Waals surface area contributed by atoms with Crippen molar-refractivity contribution in [1.82, 2.24) is 10.0 Å². The van der Waals surface area contributed by atoms with Crippen molar-refractivity contribution in [3.8, 4) is 0 Å². The van der Waals surface area contributed by atoms with Gasteiger partial charge in [-0.15, -0.1) is 0 Å². The predicted molar refractivity (Wildman–Crippen MR) is 92.9 cm³/mol. The smallest absolute Gasteiger partial charge is 0.296 e. The first-order valence-corrected chi connectivity index (χ1v) is 8.77. The lowest BCUT2D eigenvalue weighted by atomic mass is 10.2. The molecular weight excluding hydrogens is 372 g/mol. The highest BCUT2D eigenvalue weighted by molar-refractivity contribution is 9.10. The Morgan fingerprint density at radius 3 is 2.83 bits per heavy atom. The van der Waals surface area contributed by atoms with Crippen LogP contribution >= 0.6 is 15.9 Å². The largest absolute Gasteiger partial charge is 0.350 e. The Morgan fingerprint density at radius 1 is 1.29 bits per heavy atom. The Bertz CT molecular complexity index is 675. The van der Waals surface area contributed by atoms with Crippen LogP contribution in [0, 0.1) is 0 Å². The third-order valence-electron chi connectivity index (χ3n) is 3.72. The zero-order valence-electron chi connectivity index (χ0n) is 13.2. The Balaban J connectivity index is 1.78. The number of hydrogen-bond acceptors (Lipinski definition) is 4. The Kier molecular flexibility index (Phi) is 5.96. The monoisotopic (exact) mass is 390 g/mol. The van der Waals surface area contributed by atoms with Crippen LogP contribution in [0.15, 0.2) is 53.1 Å². The molecule has 0 saturated carbocycles. The molecule has 126 valence electrons. The van der Waals surface area contributed by atoms with Crippen molar-refractivity contribution in [2.75, 3.05) is 6.61 Å². The normalized spacial score (nSPS) is 17.5. The van der Waals surface area contributed by atoms with Crippen molar-refractivity contribution in [3.05, 3.63) is 64.4 Å². The molecule has 0 N–H and O–H groups in total. The molecule has 0 radical (unpaired) electrons. The van der Waals surface area contributed by atoms with Crippen LogP contribution in [0.3, 0.4) is 0 Å². The van der Waals surface area contributed by atoms with Crippen LogP contribution in [0.25, 0.3) is 0 Å². The molecule has 6 heteroatoms. The fourth-order valence-corrected chi connectivity index (χ4v) is 2.83. The molecule has 1 atom stereocenters. The summed E-state index contributed by atoms with van der Waals surface area (Å²) in [4.78, 5) is 22.8. The fraction of sp³-hybridized carbons (Fsp3) is 0.333. The van der Waals surface area contributed by atoms with Crippen molar-refractivity contribution in [2.24, 2.45) is 0 Å². The second-order valence-corrected chi connectivity index (χ2v) is 6.50. The van der Waals surface area contributed by atoms with Gasteiger partial charge in [0.1, 0.15) is 5.69 Å². The molecule has 1 aromatic carbocycles. The molecule has 5 nitrogen and oxygen atoms in total. The second kappa shape index (κ2) is 8.37. The van der Waals surface area contributed by atoms with Gasteiger partial charge in [0.05, 0.1) is 6.54 Å². The first-order valence-electron chi connectivity index (χ1n) is 7.98. The van der Waals surface area contributed by atoms with E-state index in [0.717, 1.165) is 29.3 Å². The number of carbonyl (C=O) groups excluding carboxylic acids is 1. The first kappa shape index (κ1) is 17.1. The summed E-state index contributed by atoms with van der Waals surface area (Å²) in [5.41, 5.74) is 1.31. The zero-order valence-corrected chi connectivity index (χ0v) is 14.8. The second-order valence-electron chi connectivity index (χ2n) is 5.59. The molecule has 0 aliphatic carbocycles. The number of ether oxygens (including phenoxy) is 1. The minimum atomic E-state index is -0.390. The molecule has 0 unspecified atom stereocenters. The van der Waals surface area contributed by atoms with Crippen LogP contribution in [0.1, 0.15) is 35.3 Å². The topological polar surface area (TPSA) is 51.7 Å². The van der Waals surface area contributed by atoms with E-state index in [4.69, 9.17) is 9.57 Å². The molecule has 3 rings (SSSR count). The van der Waals surface area contributed by atoms with E-state index < -0.39 is 6.29 Å². The number of aromatic nitrogens is 1. The van der Waals surface area contributed by atoms with Crippen LogP contribution < -0.4 is 0 Å². The van der Waals surface area contributed by atoms with Gasteiger partial charge < -0.3 is 4.74 Å². The molecule has 1 aromatic heterocycles. The van der Waals surface area contributed by atoms with E-state index in [-0.39, 0.29) is 5.91 Å². The van der Waals surface area contributed by atoms with Crippen molar-refractivity contribution < 1.29 is 14.4 Å². The Hall–Kier alpha value is -1.76. The molecule has 1 amide bonds. The fourth-order valence-electron chi connectivity index (χ4n) is 2.49. The zero-order chi connectivity index (χ0) is 16.8. The summed E-state index contributed by atoms with van der Waals surface area (Å²) in [7, 11) is 0. The van der Waals surface area contributed by atoms with Gasteiger partial charge in [-0.3, -0.25) is 9.78 Å². The van der Waals surface area contributed by atoms with E-state index in [1.165, 1.54) is 5.06 Å². The summed E-state index contributed by atoms with van der Waals surface area (Å²) in [6.07, 6.45) is 4.05. The number of benzene rings is 1. The van der Waals surface area contributed by atoms with Gasteiger partial charge in [0.2, 0.25) is 0 Å². The van der Waals surface area contributed by atoms with Crippen LogP contribution in [0.4, 0.5) is 0 Å². The highest BCUT2D eigenvalue weighted by Crippen LogP contribution is 2.19. The molecular formula is C18H19BrN2O3. The minimum Gasteiger partial charge on any atom is -0.350 e. The molecule has 1 aliphatic rings. The summed E-state index contributed by atoms with van der Waals surface area (Å²) >= 11 is 3.37. The molecule has 24 heavy (non-hydrogen) atoms. The van der Waals surface area contributed by atoms with E-state index in [2.05, 4.69) is 20.9 Å². The molecule has 0 bridgehead atoms. The van der Waals surface area contributed by atoms with Crippen LogP contribution in [-0.2, 0) is 16.1 Å². The summed E-state index contributed by atoms with van der Waals surface area (Å²) in [6, 6.07) is 13.2. The number of amides is 1. The van der Waals surface area contributed by atoms with Gasteiger partial charge in [0.25, 0.3) is 5.91 Å². The summed E-state index contributed by atoms with van der Waals surface area (Å²) in [5, 5.41) is 1.35. The Labute approximate surface area is 149 Å². The maximum Gasteiger partial charge on any atom is 0.296 e. The van der Waals surface area contributed by atoms with Crippen LogP contribution in [0.2, 0.25) is 0 Å². The number of nitrogens with zero attached hydrogens (tertiary/aromatic N) is 2. The third kappa shape index (κ3) is 4.63. The molecule has 1 saturated heterocycles. The average Bonchev–Trinajstić information content (AvgIpc) is 2.62. The van der Waals surface area contributed by atoms with E-state index in [1.807, 2.05) is 30.3 Å². The quantitative estimate of drug-likeness (QED) is 0.725. The number of hydrogen-bond donors (Lipinski definition) is 0. The lowest BCUT2D eigenvalue weighted by Crippen LogP contribution is -2.37. The number of hydroxylamine groups is 2. The van der Waals surface area contributed by atoms with Gasteiger partial charge in [-0.1, -0.05) is 46.3 Å². The number of rotatable bonds is 5. The van der Waals surface area contributed by atoms with Gasteiger partial charge in [0, 0.05) is 23.7 Å². The van der Waals surface area contributed by atoms with Crippen molar-refractivity contribution >= 4 is 21.8 Å². The van der Waals surface area contributed by atoms with Crippen molar-refractivity contribution in [1.29, 1.82) is 0 Å². The first-order chi connectivity index (χ1) is 11.7. The maximum absolute atomic E-state index is 12.8. The average molecular weight is 391 g/mol. The summed E-state index contributed by atoms with van der Waals surface area (Å²) < 4.78 is 6.41. The number of pyridine rings is 1. The molecule has 2 heterocycles. The van der Waals surface area contributed by atoms with E-state index in [9.17, 15) is 4.79 Å². The highest BCUT2D eigenvalue weighted by Gasteiger charge is 2.24. The molecule has 1 fully saturated rings. The molecule has 2 aromatic rings. The SMILES string of the molecule is O=C(c1cc(Br)ccn1)N(Cc1ccccc1)O[C@@H]1CCCCO1. The highest BCUT2D eigenvalue weighted by atomic mass is 79.9. The number of halogens is 1. The lowest BCUT2D eigenvalue weighted by Gasteiger charge is -2.29. The summed E-state index contributed by atoms with van der Waals surface area (Å²) in [6.45, 7) is 1.00. The van der Waals surface area contributed by atoms with Gasteiger partial charge in [-0.25, -0.2) is 9.90 Å². The van der Waals surface area contributed by atoms with E-state index in [0.29, 0.717) is 18.8 Å². The number of carbonyl (C=O) groups is 1. The van der Waals surface area contributed by atoms with Gasteiger partial charge in [-0.2, -0.15) is 0 Å². The van der Waals surface area contributed by atoms with Crippen LogP contribution in [-0.4, -0.2) is 28.9 Å². The third-order valence-corrected chi connectivity index (χ3v) is 4.21. The Morgan fingerprint density at radius 2 is 2.12 bits per heavy atom. The van der Waals surface area contributed by atoms with E-state index in [1.54, 1.807) is 18.3 Å². The van der Waals surface area contributed by atoms with Gasteiger partial charge in [-0.05, 0) is 30.5 Å². The summed E-state index contributed by atoms with van der Waals surface area (Å²) in [5.74, 6) is -0.283. The standard InChI is InChI=1S/C18H19BrN2O3/c19-15-9-10-20-16(12-15)18(22)21(13-14-6-2-1-3-7-14)24-17-8-4-5-11-23-17/h1-3,6-7,9-10,12,17H,4-5,8,11,13H2/t17-/m1/s1. The van der Waals surface area contributed by atoms with Crippen LogP contribution in [0.5, 0.6) is 0 Å². The molecule has 0 spiro atoms. The van der Waals surface area contributed by atoms with Gasteiger partial charge in [0.15, 0.2) is 6.29 Å². The van der Waals surface area contributed by atoms with Crippen molar-refractivity contribution in [3.63, 3.8) is 0 Å². The van der Waals surface area contributed by atoms with Gasteiger partial charge >= 0.3 is 0 Å². The maximum atomic E-state index is 12.8.